The van der Waals surface area contributed by atoms with Crippen molar-refractivity contribution in [2.45, 2.75) is 95.3 Å². The summed E-state index contributed by atoms with van der Waals surface area (Å²) in [6.07, 6.45) is 5.43. The number of aryl methyl sites for hydroxylation is 1. The number of aromatic nitrogens is 1. The fourth-order valence-electron chi connectivity index (χ4n) is 6.55. The molecule has 0 saturated heterocycles. The van der Waals surface area contributed by atoms with Gasteiger partial charge < -0.3 is 15.1 Å². The summed E-state index contributed by atoms with van der Waals surface area (Å²) >= 11 is 0.899. The Bertz CT molecular complexity index is 2100. The van der Waals surface area contributed by atoms with Gasteiger partial charge in [-0.25, -0.2) is 26.6 Å². The number of nitrogens with one attached hydrogen (secondary N) is 2. The van der Waals surface area contributed by atoms with Crippen LogP contribution in [-0.2, 0) is 38.5 Å². The molecule has 4 rings (SSSR count). The predicted octanol–water partition coefficient (Wildman–Crippen LogP) is 9.15. The van der Waals surface area contributed by atoms with E-state index in [9.17, 15) is 13.2 Å². The van der Waals surface area contributed by atoms with Gasteiger partial charge in [0, 0.05) is 34.8 Å². The van der Waals surface area contributed by atoms with Gasteiger partial charge in [-0.2, -0.15) is 5.10 Å². The smallest absolute Gasteiger partial charge is 0.308 e. The molecule has 2 atom stereocenters. The van der Waals surface area contributed by atoms with Crippen LogP contribution >= 0.6 is 11.8 Å². The number of amidine groups is 1. The Balaban J connectivity index is 1.79. The first-order valence-electron chi connectivity index (χ1n) is 18.1. The number of aliphatic imine (C=N–C) groups is 1. The molecule has 54 heavy (non-hydrogen) atoms. The first-order chi connectivity index (χ1) is 25.5. The summed E-state index contributed by atoms with van der Waals surface area (Å²) in [5.41, 5.74) is 4.93. The first-order valence-corrected chi connectivity index (χ1v) is 20.3. The average Bonchev–Trinajstić information content (AvgIpc) is 3.63. The summed E-state index contributed by atoms with van der Waals surface area (Å²) in [6.45, 7) is 12.2. The molecule has 1 aromatic heterocycles. The van der Waals surface area contributed by atoms with Gasteiger partial charge in [0.2, 0.25) is 0 Å². The normalized spacial score (nSPS) is 14.4. The molecule has 0 spiro atoms. The van der Waals surface area contributed by atoms with E-state index < -0.39 is 33.6 Å². The fourth-order valence-corrected chi connectivity index (χ4v) is 8.02. The van der Waals surface area contributed by atoms with Crippen molar-refractivity contribution >= 4 is 50.9 Å². The molecule has 0 fully saturated rings. The molecule has 0 aliphatic rings. The second-order valence-corrected chi connectivity index (χ2v) is 16.8. The monoisotopic (exact) mass is 784 g/mol. The Morgan fingerprint density at radius 3 is 2.46 bits per heavy atom. The number of rotatable bonds is 17. The fraction of sp³-hybridized carbons (Fsp3) is 0.439. The summed E-state index contributed by atoms with van der Waals surface area (Å²) in [5.74, 6) is -3.22. The number of carbonyl (C=O) groups excluding carboxylic acids is 1. The van der Waals surface area contributed by atoms with E-state index in [-0.39, 0.29) is 45.5 Å². The van der Waals surface area contributed by atoms with Crippen LogP contribution in [0.2, 0.25) is 0 Å². The molecule has 2 N–H and O–H groups in total. The number of benzene rings is 3. The van der Waals surface area contributed by atoms with Crippen molar-refractivity contribution in [3.05, 3.63) is 94.4 Å². The summed E-state index contributed by atoms with van der Waals surface area (Å²) in [4.78, 5) is 20.3. The van der Waals surface area contributed by atoms with Crippen LogP contribution in [0.15, 0.2) is 74.6 Å². The van der Waals surface area contributed by atoms with E-state index in [1.54, 1.807) is 20.0 Å². The van der Waals surface area contributed by atoms with Gasteiger partial charge in [0.15, 0.2) is 17.5 Å². The number of fused-ring (bicyclic) bond motifs is 1. The molecule has 0 aliphatic carbocycles. The van der Waals surface area contributed by atoms with Crippen LogP contribution in [0.3, 0.4) is 0 Å². The summed E-state index contributed by atoms with van der Waals surface area (Å²) < 4.78 is 74.4. The van der Waals surface area contributed by atoms with Crippen LogP contribution in [0.1, 0.15) is 89.5 Å². The molecular weight excluding hydrogens is 734 g/mol. The molecular formula is C41H51F3N4O4S2. The van der Waals surface area contributed by atoms with Gasteiger partial charge in [-0.05, 0) is 85.9 Å². The van der Waals surface area contributed by atoms with E-state index >= 15 is 13.2 Å². The number of hydrogen-bond donors (Lipinski definition) is 3. The topological polar surface area (TPSA) is 113 Å². The second-order valence-electron chi connectivity index (χ2n) is 14.6. The molecule has 0 radical (unpaired) electrons. The number of esters is 1. The second kappa shape index (κ2) is 18.5. The largest absolute Gasteiger partial charge is 0.469 e. The predicted molar refractivity (Wildman–Crippen MR) is 213 cm³/mol. The minimum atomic E-state index is -2.77. The lowest BCUT2D eigenvalue weighted by atomic mass is 9.74. The van der Waals surface area contributed by atoms with E-state index in [1.165, 1.54) is 31.5 Å². The maximum absolute atomic E-state index is 15.7. The highest BCUT2D eigenvalue weighted by Crippen LogP contribution is 2.40. The van der Waals surface area contributed by atoms with Gasteiger partial charge in [-0.3, -0.25) is 4.79 Å². The van der Waals surface area contributed by atoms with Crippen LogP contribution in [0.25, 0.3) is 10.9 Å². The molecule has 1 heterocycles. The zero-order chi connectivity index (χ0) is 39.8. The van der Waals surface area contributed by atoms with E-state index in [2.05, 4.69) is 49.3 Å². The number of ether oxygens (including phenoxy) is 1. The van der Waals surface area contributed by atoms with Crippen molar-refractivity contribution in [1.82, 2.24) is 10.4 Å². The number of hydrogen-bond acceptors (Lipinski definition) is 7. The molecule has 0 saturated carbocycles. The number of H-pyrrole nitrogens is 1. The molecule has 0 bridgehead atoms. The van der Waals surface area contributed by atoms with Gasteiger partial charge >= 0.3 is 5.97 Å². The minimum absolute atomic E-state index is 0.0260. The standard InChI is InChI=1S/C41H51F3N4O4S2/c1-9-40(4,5)18-11-19-41(6,28-13-10-12-27(23-28)22-25(2)38(49)52-8)39(48-45-7)47-26(3)32-24-29(14-15-33(32)42)53-37-31(17-21-54(50)51)30-16-20-46-36(30)34(43)35(37)44/h10,12-16,20,23-25,45-46,54H,9,11,17-19,21-22H2,1-8H3/b47-26+,48-39-/t25-,41+/m0/s1. The van der Waals surface area contributed by atoms with E-state index in [1.807, 2.05) is 25.1 Å². The first kappa shape index (κ1) is 42.6. The Hall–Kier alpha value is -4.10. The summed E-state index contributed by atoms with van der Waals surface area (Å²) in [5, 5.41) is 5.03. The lowest BCUT2D eigenvalue weighted by Crippen LogP contribution is -2.34. The van der Waals surface area contributed by atoms with Gasteiger partial charge in [0.05, 0.1) is 34.6 Å². The molecule has 13 heteroatoms. The zero-order valence-corrected chi connectivity index (χ0v) is 34.0. The Morgan fingerprint density at radius 2 is 1.80 bits per heavy atom. The number of halogens is 3. The molecule has 0 amide bonds. The number of hydrazone groups is 1. The van der Waals surface area contributed by atoms with Gasteiger partial charge in [0.1, 0.15) is 16.5 Å². The van der Waals surface area contributed by atoms with E-state index in [0.717, 1.165) is 42.2 Å². The third-order valence-electron chi connectivity index (χ3n) is 10.2. The summed E-state index contributed by atoms with van der Waals surface area (Å²) in [7, 11) is 0.283. The van der Waals surface area contributed by atoms with Crippen molar-refractivity contribution in [3.8, 4) is 0 Å². The Morgan fingerprint density at radius 1 is 1.06 bits per heavy atom. The Labute approximate surface area is 322 Å². The molecule has 3 aromatic carbocycles. The molecule has 0 unspecified atom stereocenters. The number of methoxy groups -OCH3 is 1. The maximum Gasteiger partial charge on any atom is 0.308 e. The minimum Gasteiger partial charge on any atom is -0.469 e. The van der Waals surface area contributed by atoms with Crippen LogP contribution < -0.4 is 5.43 Å². The van der Waals surface area contributed by atoms with Gasteiger partial charge in [0.25, 0.3) is 0 Å². The van der Waals surface area contributed by atoms with Gasteiger partial charge in [-0.15, -0.1) is 0 Å². The molecule has 4 aromatic rings. The van der Waals surface area contributed by atoms with Crippen molar-refractivity contribution in [3.63, 3.8) is 0 Å². The highest BCUT2D eigenvalue weighted by molar-refractivity contribution is 7.99. The number of thiol groups is 1. The van der Waals surface area contributed by atoms with Gasteiger partial charge in [-0.1, -0.05) is 76.6 Å². The van der Waals surface area contributed by atoms with Crippen LogP contribution in [0.5, 0.6) is 0 Å². The highest BCUT2D eigenvalue weighted by atomic mass is 32.2. The lowest BCUT2D eigenvalue weighted by Gasteiger charge is -2.32. The van der Waals surface area contributed by atoms with Crippen LogP contribution in [-0.4, -0.2) is 50.8 Å². The van der Waals surface area contributed by atoms with Crippen LogP contribution in [0, 0.1) is 28.8 Å². The summed E-state index contributed by atoms with van der Waals surface area (Å²) in [6, 6.07) is 13.8. The Kier molecular flexibility index (Phi) is 14.6. The van der Waals surface area contributed by atoms with Crippen LogP contribution in [0.4, 0.5) is 13.2 Å². The maximum atomic E-state index is 15.7. The van der Waals surface area contributed by atoms with Crippen molar-refractivity contribution in [1.29, 1.82) is 0 Å². The SMILES string of the molecule is CCC(C)(C)CCC[C@@](C)(C(=N/NC)/N=C(\C)c1cc(Sc2c(F)c(F)c3[nH]ccc3c2CC[SH](=O)=O)ccc1F)c1cccc(C[C@H](C)C(=O)OC)c1. The van der Waals surface area contributed by atoms with Crippen molar-refractivity contribution < 1.29 is 31.1 Å². The number of carbonyl (C=O) groups is 1. The molecule has 0 aliphatic heterocycles. The highest BCUT2D eigenvalue weighted by Gasteiger charge is 2.35. The average molecular weight is 785 g/mol. The molecule has 292 valence electrons. The lowest BCUT2D eigenvalue weighted by molar-refractivity contribution is -0.144. The van der Waals surface area contributed by atoms with E-state index in [0.29, 0.717) is 40.2 Å². The van der Waals surface area contributed by atoms with Crippen molar-refractivity contribution in [2.24, 2.45) is 21.4 Å². The van der Waals surface area contributed by atoms with E-state index in [4.69, 9.17) is 9.73 Å². The zero-order valence-electron chi connectivity index (χ0n) is 32.2. The number of nitrogens with zero attached hydrogens (tertiary/aromatic N) is 2. The number of aromatic amines is 1. The quantitative estimate of drug-likeness (QED) is 0.0324. The van der Waals surface area contributed by atoms with Crippen molar-refractivity contribution in [2.75, 3.05) is 19.9 Å². The molecule has 8 nitrogen and oxygen atoms in total. The third-order valence-corrected chi connectivity index (χ3v) is 11.9. The third kappa shape index (κ3) is 10.1.